The van der Waals surface area contributed by atoms with E-state index in [9.17, 15) is 0 Å². The molecule has 0 N–H and O–H groups in total. The van der Waals surface area contributed by atoms with Gasteiger partial charge in [-0.2, -0.15) is 0 Å². The van der Waals surface area contributed by atoms with E-state index < -0.39 is 0 Å². The predicted molar refractivity (Wildman–Crippen MR) is 51.0 cm³/mol. The Kier molecular flexibility index (Phi) is 3.55. The molecule has 0 radical (unpaired) electrons. The summed E-state index contributed by atoms with van der Waals surface area (Å²) in [6.07, 6.45) is 2.89. The van der Waals surface area contributed by atoms with Crippen LogP contribution in [0.5, 0.6) is 0 Å². The summed E-state index contributed by atoms with van der Waals surface area (Å²) in [7, 11) is 1.72. The highest BCUT2D eigenvalue weighted by atomic mass is 16.5. The minimum Gasteiger partial charge on any atom is -0.376 e. The van der Waals surface area contributed by atoms with Crippen molar-refractivity contribution < 1.29 is 4.74 Å². The molecular formula is C11H14O. The van der Waals surface area contributed by atoms with Crippen molar-refractivity contribution in [3.63, 3.8) is 0 Å². The second-order valence-electron chi connectivity index (χ2n) is 2.66. The monoisotopic (exact) mass is 162 g/mol. The lowest BCUT2D eigenvalue weighted by molar-refractivity contribution is 0.106. The minimum atomic E-state index is 0.156. The Morgan fingerprint density at radius 2 is 2.08 bits per heavy atom. The largest absolute Gasteiger partial charge is 0.376 e. The van der Waals surface area contributed by atoms with Crippen molar-refractivity contribution in [2.24, 2.45) is 0 Å². The lowest BCUT2D eigenvalue weighted by Gasteiger charge is -2.12. The zero-order chi connectivity index (χ0) is 8.81. The van der Waals surface area contributed by atoms with E-state index in [4.69, 9.17) is 4.74 Å². The Morgan fingerprint density at radius 1 is 1.42 bits per heavy atom. The molecule has 12 heavy (non-hydrogen) atoms. The summed E-state index contributed by atoms with van der Waals surface area (Å²) in [5.74, 6) is 0. The van der Waals surface area contributed by atoms with Crippen LogP contribution in [-0.2, 0) is 4.74 Å². The van der Waals surface area contributed by atoms with Gasteiger partial charge in [-0.15, -0.1) is 6.58 Å². The van der Waals surface area contributed by atoms with Crippen LogP contribution in [0.1, 0.15) is 18.1 Å². The van der Waals surface area contributed by atoms with Gasteiger partial charge in [0, 0.05) is 7.11 Å². The lowest BCUT2D eigenvalue weighted by atomic mass is 10.1. The number of hydrogen-bond acceptors (Lipinski definition) is 1. The standard InChI is InChI=1S/C11H14O/c1-3-7-11(12-2)10-8-5-4-6-9-10/h3-6,8-9,11H,1,7H2,2H3/t11-/m0/s1. The van der Waals surface area contributed by atoms with Gasteiger partial charge in [-0.1, -0.05) is 36.4 Å². The molecule has 1 heteroatoms. The molecule has 1 nitrogen and oxygen atoms in total. The number of benzene rings is 1. The number of rotatable bonds is 4. The van der Waals surface area contributed by atoms with E-state index in [-0.39, 0.29) is 6.10 Å². The van der Waals surface area contributed by atoms with Crippen LogP contribution < -0.4 is 0 Å². The van der Waals surface area contributed by atoms with Crippen LogP contribution in [0.25, 0.3) is 0 Å². The van der Waals surface area contributed by atoms with Crippen molar-refractivity contribution in [1.82, 2.24) is 0 Å². The molecule has 0 spiro atoms. The van der Waals surface area contributed by atoms with E-state index in [1.807, 2.05) is 24.3 Å². The molecule has 1 aromatic rings. The Hall–Kier alpha value is -1.08. The highest BCUT2D eigenvalue weighted by Crippen LogP contribution is 2.19. The summed E-state index contributed by atoms with van der Waals surface area (Å²) in [5, 5.41) is 0. The van der Waals surface area contributed by atoms with Crippen molar-refractivity contribution >= 4 is 0 Å². The fourth-order valence-electron chi connectivity index (χ4n) is 1.19. The Labute approximate surface area is 73.7 Å². The molecule has 0 aliphatic carbocycles. The molecule has 0 fully saturated rings. The van der Waals surface area contributed by atoms with Crippen molar-refractivity contribution in [2.75, 3.05) is 7.11 Å². The number of hydrogen-bond donors (Lipinski definition) is 0. The molecule has 0 saturated heterocycles. The van der Waals surface area contributed by atoms with Crippen LogP contribution >= 0.6 is 0 Å². The molecule has 0 aliphatic heterocycles. The second kappa shape index (κ2) is 4.73. The molecule has 0 saturated carbocycles. The average Bonchev–Trinajstić information content (AvgIpc) is 2.15. The van der Waals surface area contributed by atoms with Gasteiger partial charge in [0.1, 0.15) is 0 Å². The average molecular weight is 162 g/mol. The first-order chi connectivity index (χ1) is 5.88. The Morgan fingerprint density at radius 3 is 2.58 bits per heavy atom. The maximum Gasteiger partial charge on any atom is 0.0855 e. The lowest BCUT2D eigenvalue weighted by Crippen LogP contribution is -1.99. The zero-order valence-electron chi connectivity index (χ0n) is 7.36. The first kappa shape index (κ1) is 9.01. The number of methoxy groups -OCH3 is 1. The fourth-order valence-corrected chi connectivity index (χ4v) is 1.19. The van der Waals surface area contributed by atoms with Gasteiger partial charge in [-0.25, -0.2) is 0 Å². The van der Waals surface area contributed by atoms with Crippen molar-refractivity contribution in [1.29, 1.82) is 0 Å². The summed E-state index contributed by atoms with van der Waals surface area (Å²) in [6, 6.07) is 10.2. The molecule has 0 aliphatic rings. The van der Waals surface area contributed by atoms with Gasteiger partial charge in [0.2, 0.25) is 0 Å². The van der Waals surface area contributed by atoms with Gasteiger partial charge in [0.15, 0.2) is 0 Å². The summed E-state index contributed by atoms with van der Waals surface area (Å²) in [6.45, 7) is 3.69. The quantitative estimate of drug-likeness (QED) is 0.618. The third kappa shape index (κ3) is 2.21. The van der Waals surface area contributed by atoms with Crippen LogP contribution in [0.2, 0.25) is 0 Å². The molecule has 64 valence electrons. The highest BCUT2D eigenvalue weighted by molar-refractivity contribution is 5.18. The van der Waals surface area contributed by atoms with Crippen LogP contribution in [0, 0.1) is 0 Å². The molecule has 1 rings (SSSR count). The maximum atomic E-state index is 5.31. The first-order valence-electron chi connectivity index (χ1n) is 4.07. The van der Waals surface area contributed by atoms with Gasteiger partial charge in [0.25, 0.3) is 0 Å². The van der Waals surface area contributed by atoms with Crippen molar-refractivity contribution in [3.05, 3.63) is 48.6 Å². The summed E-state index contributed by atoms with van der Waals surface area (Å²) in [4.78, 5) is 0. The summed E-state index contributed by atoms with van der Waals surface area (Å²) < 4.78 is 5.31. The normalized spacial score (nSPS) is 12.4. The van der Waals surface area contributed by atoms with E-state index in [1.54, 1.807) is 7.11 Å². The Balaban J connectivity index is 2.72. The van der Waals surface area contributed by atoms with Crippen LogP contribution in [0.3, 0.4) is 0 Å². The number of ether oxygens (including phenoxy) is 1. The van der Waals surface area contributed by atoms with E-state index in [1.165, 1.54) is 5.56 Å². The summed E-state index contributed by atoms with van der Waals surface area (Å²) in [5.41, 5.74) is 1.21. The predicted octanol–water partition coefficient (Wildman–Crippen LogP) is 2.95. The van der Waals surface area contributed by atoms with E-state index >= 15 is 0 Å². The molecule has 0 heterocycles. The topological polar surface area (TPSA) is 9.23 Å². The van der Waals surface area contributed by atoms with Gasteiger partial charge < -0.3 is 4.74 Å². The third-order valence-electron chi connectivity index (χ3n) is 1.84. The summed E-state index contributed by atoms with van der Waals surface area (Å²) >= 11 is 0. The van der Waals surface area contributed by atoms with Crippen molar-refractivity contribution in [2.45, 2.75) is 12.5 Å². The molecule has 0 unspecified atom stereocenters. The van der Waals surface area contributed by atoms with Gasteiger partial charge in [0.05, 0.1) is 6.10 Å². The molecule has 0 bridgehead atoms. The van der Waals surface area contributed by atoms with Crippen molar-refractivity contribution in [3.8, 4) is 0 Å². The molecule has 1 atom stereocenters. The third-order valence-corrected chi connectivity index (χ3v) is 1.84. The van der Waals surface area contributed by atoms with Gasteiger partial charge in [-0.3, -0.25) is 0 Å². The molecule has 1 aromatic carbocycles. The van der Waals surface area contributed by atoms with Crippen LogP contribution in [-0.4, -0.2) is 7.11 Å². The second-order valence-corrected chi connectivity index (χ2v) is 2.66. The van der Waals surface area contributed by atoms with Crippen LogP contribution in [0.15, 0.2) is 43.0 Å². The molecule has 0 aromatic heterocycles. The maximum absolute atomic E-state index is 5.31. The van der Waals surface area contributed by atoms with Gasteiger partial charge >= 0.3 is 0 Å². The smallest absolute Gasteiger partial charge is 0.0855 e. The SMILES string of the molecule is C=CC[C@H](OC)c1ccccc1. The first-order valence-corrected chi connectivity index (χ1v) is 4.07. The Bertz CT molecular complexity index is 228. The zero-order valence-corrected chi connectivity index (χ0v) is 7.36. The molecular weight excluding hydrogens is 148 g/mol. The van der Waals surface area contributed by atoms with E-state index in [0.29, 0.717) is 0 Å². The highest BCUT2D eigenvalue weighted by Gasteiger charge is 2.05. The van der Waals surface area contributed by atoms with E-state index in [2.05, 4.69) is 18.7 Å². The molecule has 0 amide bonds. The van der Waals surface area contributed by atoms with E-state index in [0.717, 1.165) is 6.42 Å². The minimum absolute atomic E-state index is 0.156. The van der Waals surface area contributed by atoms with Gasteiger partial charge in [-0.05, 0) is 12.0 Å². The fraction of sp³-hybridized carbons (Fsp3) is 0.273. The van der Waals surface area contributed by atoms with Crippen LogP contribution in [0.4, 0.5) is 0 Å².